The Bertz CT molecular complexity index is 358. The summed E-state index contributed by atoms with van der Waals surface area (Å²) in [4.78, 5) is 0. The monoisotopic (exact) mass is 329 g/mol. The number of halogens is 1. The van der Waals surface area contributed by atoms with Crippen LogP contribution in [0.1, 0.15) is 38.2 Å². The van der Waals surface area contributed by atoms with Gasteiger partial charge in [-0.15, -0.1) is 0 Å². The first-order valence-electron chi connectivity index (χ1n) is 7.00. The van der Waals surface area contributed by atoms with Gasteiger partial charge in [-0.05, 0) is 50.4 Å². The van der Waals surface area contributed by atoms with Crippen molar-refractivity contribution in [1.29, 1.82) is 0 Å². The van der Waals surface area contributed by atoms with Crippen molar-refractivity contribution >= 4 is 15.9 Å². The van der Waals surface area contributed by atoms with Crippen LogP contribution in [0.15, 0.2) is 22.7 Å². The van der Waals surface area contributed by atoms with E-state index in [4.69, 9.17) is 9.84 Å². The maximum Gasteiger partial charge on any atom is 0.123 e. The second kappa shape index (κ2) is 10.2. The van der Waals surface area contributed by atoms with E-state index in [1.165, 1.54) is 5.56 Å². The Morgan fingerprint density at radius 1 is 1.26 bits per heavy atom. The Hall–Kier alpha value is -0.580. The lowest BCUT2D eigenvalue weighted by molar-refractivity contribution is 0.265. The number of ether oxygens (including phenoxy) is 1. The van der Waals surface area contributed by atoms with Crippen LogP contribution in [-0.2, 0) is 6.54 Å². The quantitative estimate of drug-likeness (QED) is 0.645. The second-order valence-electron chi connectivity index (χ2n) is 4.56. The van der Waals surface area contributed by atoms with E-state index in [-0.39, 0.29) is 6.61 Å². The molecule has 2 N–H and O–H groups in total. The predicted octanol–water partition coefficient (Wildman–Crippen LogP) is 3.49. The van der Waals surface area contributed by atoms with Gasteiger partial charge >= 0.3 is 0 Å². The van der Waals surface area contributed by atoms with Crippen molar-refractivity contribution < 1.29 is 9.84 Å². The van der Waals surface area contributed by atoms with Crippen LogP contribution in [0, 0.1) is 0 Å². The van der Waals surface area contributed by atoms with E-state index in [1.54, 1.807) is 0 Å². The molecule has 0 saturated carbocycles. The molecule has 1 rings (SSSR count). The molecule has 1 aromatic rings. The van der Waals surface area contributed by atoms with Crippen LogP contribution in [0.4, 0.5) is 0 Å². The first-order chi connectivity index (χ1) is 9.27. The van der Waals surface area contributed by atoms with Crippen LogP contribution in [0.2, 0.25) is 0 Å². The number of aliphatic hydroxyl groups excluding tert-OH is 1. The Morgan fingerprint density at radius 2 is 2.11 bits per heavy atom. The summed E-state index contributed by atoms with van der Waals surface area (Å²) in [5.74, 6) is 0.954. The average Bonchev–Trinajstić information content (AvgIpc) is 2.41. The van der Waals surface area contributed by atoms with Gasteiger partial charge in [-0.3, -0.25) is 0 Å². The van der Waals surface area contributed by atoms with Crippen LogP contribution in [0.5, 0.6) is 5.75 Å². The third kappa shape index (κ3) is 6.95. The molecular formula is C15H24BrNO2. The molecule has 0 aromatic heterocycles. The Morgan fingerprint density at radius 3 is 2.84 bits per heavy atom. The molecule has 0 aliphatic rings. The summed E-state index contributed by atoms with van der Waals surface area (Å²) in [6.45, 7) is 4.99. The molecule has 0 saturated heterocycles. The zero-order valence-corrected chi connectivity index (χ0v) is 13.2. The summed E-state index contributed by atoms with van der Waals surface area (Å²) >= 11 is 3.50. The van der Waals surface area contributed by atoms with E-state index in [0.717, 1.165) is 49.0 Å². The number of unbranched alkanes of at least 4 members (excludes halogenated alkanes) is 2. The zero-order valence-electron chi connectivity index (χ0n) is 11.6. The number of rotatable bonds is 10. The third-order valence-corrected chi connectivity index (χ3v) is 3.32. The molecule has 0 radical (unpaired) electrons. The standard InChI is InChI=1S/C15H24BrNO2/c1-2-8-17-12-13-11-14(16)6-7-15(13)19-10-5-3-4-9-18/h6-7,11,17-18H,2-5,8-10,12H2,1H3. The van der Waals surface area contributed by atoms with E-state index in [2.05, 4.69) is 34.2 Å². The zero-order chi connectivity index (χ0) is 13.9. The summed E-state index contributed by atoms with van der Waals surface area (Å²) in [6.07, 6.45) is 3.98. The molecule has 0 atom stereocenters. The van der Waals surface area contributed by atoms with Crippen molar-refractivity contribution in [3.05, 3.63) is 28.2 Å². The lowest BCUT2D eigenvalue weighted by atomic mass is 10.2. The Kier molecular flexibility index (Phi) is 8.88. The van der Waals surface area contributed by atoms with E-state index in [1.807, 2.05) is 12.1 Å². The Labute approximate surface area is 124 Å². The SMILES string of the molecule is CCCNCc1cc(Br)ccc1OCCCCCO. The van der Waals surface area contributed by atoms with E-state index in [9.17, 15) is 0 Å². The van der Waals surface area contributed by atoms with Crippen LogP contribution < -0.4 is 10.1 Å². The van der Waals surface area contributed by atoms with Crippen LogP contribution >= 0.6 is 15.9 Å². The summed E-state index contributed by atoms with van der Waals surface area (Å²) in [5, 5.41) is 12.1. The molecule has 4 heteroatoms. The molecule has 0 heterocycles. The highest BCUT2D eigenvalue weighted by Crippen LogP contribution is 2.23. The fourth-order valence-corrected chi connectivity index (χ4v) is 2.21. The van der Waals surface area contributed by atoms with Crippen molar-refractivity contribution in [3.8, 4) is 5.75 Å². The summed E-state index contributed by atoms with van der Waals surface area (Å²) in [5.41, 5.74) is 1.19. The lowest BCUT2D eigenvalue weighted by Crippen LogP contribution is -2.15. The number of aliphatic hydroxyl groups is 1. The molecule has 0 bridgehead atoms. The summed E-state index contributed by atoms with van der Waals surface area (Å²) in [6, 6.07) is 6.12. The number of benzene rings is 1. The van der Waals surface area contributed by atoms with Gasteiger partial charge < -0.3 is 15.2 Å². The fraction of sp³-hybridized carbons (Fsp3) is 0.600. The maximum absolute atomic E-state index is 8.72. The lowest BCUT2D eigenvalue weighted by Gasteiger charge is -2.12. The van der Waals surface area contributed by atoms with Gasteiger partial charge in [0.05, 0.1) is 6.61 Å². The van der Waals surface area contributed by atoms with Gasteiger partial charge in [0.2, 0.25) is 0 Å². The van der Waals surface area contributed by atoms with E-state index >= 15 is 0 Å². The summed E-state index contributed by atoms with van der Waals surface area (Å²) in [7, 11) is 0. The molecule has 19 heavy (non-hydrogen) atoms. The molecule has 0 aliphatic heterocycles. The minimum Gasteiger partial charge on any atom is -0.493 e. The minimum atomic E-state index is 0.268. The van der Waals surface area contributed by atoms with Crippen molar-refractivity contribution in [2.75, 3.05) is 19.8 Å². The molecular weight excluding hydrogens is 306 g/mol. The molecule has 0 amide bonds. The van der Waals surface area contributed by atoms with E-state index in [0.29, 0.717) is 6.61 Å². The molecule has 0 spiro atoms. The minimum absolute atomic E-state index is 0.268. The molecule has 0 unspecified atom stereocenters. The van der Waals surface area contributed by atoms with Gasteiger partial charge in [-0.2, -0.15) is 0 Å². The number of nitrogens with one attached hydrogen (secondary N) is 1. The fourth-order valence-electron chi connectivity index (χ4n) is 1.80. The topological polar surface area (TPSA) is 41.5 Å². The van der Waals surface area contributed by atoms with Crippen molar-refractivity contribution in [1.82, 2.24) is 5.32 Å². The molecule has 0 fully saturated rings. The van der Waals surface area contributed by atoms with Gasteiger partial charge in [0, 0.05) is 23.2 Å². The highest BCUT2D eigenvalue weighted by atomic mass is 79.9. The largest absolute Gasteiger partial charge is 0.493 e. The van der Waals surface area contributed by atoms with Crippen molar-refractivity contribution in [2.45, 2.75) is 39.2 Å². The van der Waals surface area contributed by atoms with Crippen LogP contribution in [-0.4, -0.2) is 24.9 Å². The van der Waals surface area contributed by atoms with Gasteiger partial charge in [0.15, 0.2) is 0 Å². The number of hydrogen-bond donors (Lipinski definition) is 2. The first-order valence-corrected chi connectivity index (χ1v) is 7.80. The molecule has 0 aliphatic carbocycles. The van der Waals surface area contributed by atoms with Gasteiger partial charge in [-0.25, -0.2) is 0 Å². The normalized spacial score (nSPS) is 10.7. The smallest absolute Gasteiger partial charge is 0.123 e. The van der Waals surface area contributed by atoms with Crippen LogP contribution in [0.25, 0.3) is 0 Å². The highest BCUT2D eigenvalue weighted by Gasteiger charge is 2.04. The first kappa shape index (κ1) is 16.5. The van der Waals surface area contributed by atoms with Gasteiger partial charge in [0.25, 0.3) is 0 Å². The Balaban J connectivity index is 2.45. The van der Waals surface area contributed by atoms with Crippen molar-refractivity contribution in [3.63, 3.8) is 0 Å². The molecule has 108 valence electrons. The third-order valence-electron chi connectivity index (χ3n) is 2.82. The number of hydrogen-bond acceptors (Lipinski definition) is 3. The summed E-state index contributed by atoms with van der Waals surface area (Å²) < 4.78 is 6.90. The molecule has 3 nitrogen and oxygen atoms in total. The predicted molar refractivity (Wildman–Crippen MR) is 82.6 cm³/mol. The van der Waals surface area contributed by atoms with Gasteiger partial charge in [0.1, 0.15) is 5.75 Å². The van der Waals surface area contributed by atoms with E-state index < -0.39 is 0 Å². The van der Waals surface area contributed by atoms with Gasteiger partial charge in [-0.1, -0.05) is 22.9 Å². The highest BCUT2D eigenvalue weighted by molar-refractivity contribution is 9.10. The second-order valence-corrected chi connectivity index (χ2v) is 5.48. The average molecular weight is 330 g/mol. The van der Waals surface area contributed by atoms with Crippen molar-refractivity contribution in [2.24, 2.45) is 0 Å². The van der Waals surface area contributed by atoms with Crippen LogP contribution in [0.3, 0.4) is 0 Å². The molecule has 1 aromatic carbocycles. The maximum atomic E-state index is 8.72.